The van der Waals surface area contributed by atoms with E-state index in [1.807, 2.05) is 6.92 Å². The second-order valence-corrected chi connectivity index (χ2v) is 12.6. The zero-order valence-corrected chi connectivity index (χ0v) is 20.4. The minimum absolute atomic E-state index is 0.111. The summed E-state index contributed by atoms with van der Waals surface area (Å²) >= 11 is 5.95. The monoisotopic (exact) mass is 504 g/mol. The number of hydrogen-bond acceptors (Lipinski definition) is 6. The van der Waals surface area contributed by atoms with Gasteiger partial charge in [-0.2, -0.15) is 4.31 Å². The molecule has 32 heavy (non-hydrogen) atoms. The van der Waals surface area contributed by atoms with Gasteiger partial charge in [0.15, 0.2) is 0 Å². The summed E-state index contributed by atoms with van der Waals surface area (Å²) in [5, 5.41) is 9.99. The number of sulfonamides is 1. The van der Waals surface area contributed by atoms with Crippen LogP contribution in [0.15, 0.2) is 29.2 Å². The third-order valence-electron chi connectivity index (χ3n) is 6.71. The van der Waals surface area contributed by atoms with E-state index in [9.17, 15) is 22.5 Å². The fourth-order valence-corrected chi connectivity index (χ4v) is 8.79. The molecule has 1 saturated carbocycles. The molecule has 1 aromatic carbocycles. The summed E-state index contributed by atoms with van der Waals surface area (Å²) in [5.41, 5.74) is -0.997. The van der Waals surface area contributed by atoms with E-state index in [1.54, 1.807) is 0 Å². The molecule has 4 rings (SSSR count). The molecular formula is C21H29ClN2O6S2. The molecule has 2 aliphatic heterocycles. The Balaban J connectivity index is 1.66. The number of aliphatic hydroxyl groups excluding tert-OH is 1. The van der Waals surface area contributed by atoms with E-state index in [1.165, 1.54) is 33.5 Å². The van der Waals surface area contributed by atoms with Crippen LogP contribution in [0.1, 0.15) is 39.0 Å². The molecule has 2 saturated heterocycles. The lowest BCUT2D eigenvalue weighted by Crippen LogP contribution is -2.61. The number of benzene rings is 1. The summed E-state index contributed by atoms with van der Waals surface area (Å²) in [5.74, 6) is 0.378. The van der Waals surface area contributed by atoms with Crippen LogP contribution in [0.3, 0.4) is 0 Å². The highest BCUT2D eigenvalue weighted by atomic mass is 35.5. The first-order chi connectivity index (χ1) is 15.2. The lowest BCUT2D eigenvalue weighted by Gasteiger charge is -2.43. The lowest BCUT2D eigenvalue weighted by atomic mass is 10.1. The minimum Gasteiger partial charge on any atom is -0.441 e. The van der Waals surface area contributed by atoms with Crippen LogP contribution in [0.25, 0.3) is 0 Å². The van der Waals surface area contributed by atoms with E-state index in [2.05, 4.69) is 0 Å². The molecular weight excluding hydrogens is 476 g/mol. The molecule has 178 valence electrons. The van der Waals surface area contributed by atoms with Gasteiger partial charge in [0, 0.05) is 39.9 Å². The number of rotatable bonds is 6. The molecule has 1 N–H and O–H groups in total. The molecule has 0 spiro atoms. The van der Waals surface area contributed by atoms with Gasteiger partial charge in [-0.25, -0.2) is 13.2 Å². The van der Waals surface area contributed by atoms with Crippen LogP contribution in [0.4, 0.5) is 4.79 Å². The molecule has 4 atom stereocenters. The normalized spacial score (nSPS) is 30.3. The Labute approximate surface area is 196 Å². The molecule has 0 aromatic heterocycles. The molecule has 11 heteroatoms. The summed E-state index contributed by atoms with van der Waals surface area (Å²) in [7, 11) is -5.15. The first kappa shape index (κ1) is 23.9. The van der Waals surface area contributed by atoms with Crippen molar-refractivity contribution in [3.63, 3.8) is 0 Å². The van der Waals surface area contributed by atoms with Gasteiger partial charge in [0.2, 0.25) is 10.0 Å². The fraction of sp³-hybridized carbons (Fsp3) is 0.667. The number of carbonyl (C=O) groups is 1. The van der Waals surface area contributed by atoms with E-state index in [0.29, 0.717) is 37.3 Å². The molecule has 2 heterocycles. The zero-order valence-electron chi connectivity index (χ0n) is 18.0. The number of ether oxygens (including phenoxy) is 1. The standard InChI is InChI=1S/C21H29ClN2O6S2/c1-2-16-13-31(27)14-19(24(16)32(28,29)18-7-5-15(22)6-8-18)21(9-10-21)30-20(26)23-11-3-4-17(23)12-25/h5-8,16-17,19,25H,2-4,9-14H2,1H3/t16-,17+,19-,31?/m1/s1. The van der Waals surface area contributed by atoms with Crippen LogP contribution in [0, 0.1) is 0 Å². The Bertz CT molecular complexity index is 983. The number of halogens is 1. The highest BCUT2D eigenvalue weighted by molar-refractivity contribution is 7.89. The predicted octanol–water partition coefficient (Wildman–Crippen LogP) is 2.37. The molecule has 3 fully saturated rings. The van der Waals surface area contributed by atoms with Crippen LogP contribution in [0.5, 0.6) is 0 Å². The van der Waals surface area contributed by atoms with Gasteiger partial charge < -0.3 is 14.7 Å². The minimum atomic E-state index is -3.93. The molecule has 3 aliphatic rings. The van der Waals surface area contributed by atoms with E-state index < -0.39 is 44.6 Å². The average molecular weight is 505 g/mol. The highest BCUT2D eigenvalue weighted by Crippen LogP contribution is 2.48. The Hall–Kier alpha value is -1.20. The number of hydrogen-bond donors (Lipinski definition) is 1. The second kappa shape index (κ2) is 9.21. The summed E-state index contributed by atoms with van der Waals surface area (Å²) in [6.45, 7) is 2.24. The van der Waals surface area contributed by atoms with Crippen LogP contribution < -0.4 is 0 Å². The fourth-order valence-electron chi connectivity index (χ4n) is 4.76. The third-order valence-corrected chi connectivity index (χ3v) is 10.4. The van der Waals surface area contributed by atoms with Crippen LogP contribution in [0.2, 0.25) is 5.02 Å². The van der Waals surface area contributed by atoms with Gasteiger partial charge in [-0.15, -0.1) is 0 Å². The van der Waals surface area contributed by atoms with Crippen molar-refractivity contribution in [2.45, 2.75) is 67.6 Å². The van der Waals surface area contributed by atoms with Crippen molar-refractivity contribution in [3.05, 3.63) is 29.3 Å². The highest BCUT2D eigenvalue weighted by Gasteiger charge is 2.61. The summed E-state index contributed by atoms with van der Waals surface area (Å²) in [6.07, 6.45) is 2.49. The van der Waals surface area contributed by atoms with Gasteiger partial charge >= 0.3 is 6.09 Å². The molecule has 1 unspecified atom stereocenters. The third kappa shape index (κ3) is 4.44. The lowest BCUT2D eigenvalue weighted by molar-refractivity contribution is 0.00546. The smallest absolute Gasteiger partial charge is 0.410 e. The second-order valence-electron chi connectivity index (χ2n) is 8.74. The molecule has 0 radical (unpaired) electrons. The quantitative estimate of drug-likeness (QED) is 0.637. The van der Waals surface area contributed by atoms with Crippen molar-refractivity contribution < 1.29 is 27.3 Å². The first-order valence-electron chi connectivity index (χ1n) is 11.0. The Kier molecular flexibility index (Phi) is 6.89. The summed E-state index contributed by atoms with van der Waals surface area (Å²) < 4.78 is 47.5. The SMILES string of the molecule is CC[C@@H]1CS(=O)C[C@H](C2(OC(=O)N3CCC[C@H]3CO)CC2)N1S(=O)(=O)c1ccc(Cl)cc1. The van der Waals surface area contributed by atoms with E-state index in [4.69, 9.17) is 16.3 Å². The molecule has 0 bridgehead atoms. The predicted molar refractivity (Wildman–Crippen MR) is 121 cm³/mol. The average Bonchev–Trinajstić information content (AvgIpc) is 3.38. The zero-order chi connectivity index (χ0) is 23.1. The van der Waals surface area contributed by atoms with Gasteiger partial charge in [0.25, 0.3) is 0 Å². The van der Waals surface area contributed by atoms with Crippen molar-refractivity contribution in [2.24, 2.45) is 0 Å². The van der Waals surface area contributed by atoms with Crippen molar-refractivity contribution >= 4 is 38.5 Å². The number of nitrogens with zero attached hydrogens (tertiary/aromatic N) is 2. The Morgan fingerprint density at radius 2 is 1.94 bits per heavy atom. The van der Waals surface area contributed by atoms with Crippen molar-refractivity contribution in [1.29, 1.82) is 0 Å². The largest absolute Gasteiger partial charge is 0.441 e. The number of aliphatic hydroxyl groups is 1. The molecule has 1 aromatic rings. The van der Waals surface area contributed by atoms with Crippen molar-refractivity contribution in [1.82, 2.24) is 9.21 Å². The topological polar surface area (TPSA) is 104 Å². The van der Waals surface area contributed by atoms with E-state index in [0.717, 1.165) is 6.42 Å². The van der Waals surface area contributed by atoms with Gasteiger partial charge in [-0.3, -0.25) is 4.21 Å². The first-order valence-corrected chi connectivity index (χ1v) is 14.3. The Morgan fingerprint density at radius 1 is 1.25 bits per heavy atom. The van der Waals surface area contributed by atoms with Gasteiger partial charge in [0.05, 0.1) is 23.6 Å². The van der Waals surface area contributed by atoms with Gasteiger partial charge in [-0.1, -0.05) is 18.5 Å². The summed E-state index contributed by atoms with van der Waals surface area (Å²) in [6, 6.07) is 4.55. The maximum Gasteiger partial charge on any atom is 0.410 e. The number of likely N-dealkylation sites (tertiary alicyclic amines) is 1. The summed E-state index contributed by atoms with van der Waals surface area (Å²) in [4.78, 5) is 14.6. The van der Waals surface area contributed by atoms with Crippen molar-refractivity contribution in [3.8, 4) is 0 Å². The molecule has 8 nitrogen and oxygen atoms in total. The number of carbonyl (C=O) groups excluding carboxylic acids is 1. The molecule has 1 aliphatic carbocycles. The molecule has 1 amide bonds. The maximum atomic E-state index is 13.7. The van der Waals surface area contributed by atoms with E-state index >= 15 is 0 Å². The van der Waals surface area contributed by atoms with E-state index in [-0.39, 0.29) is 29.0 Å². The van der Waals surface area contributed by atoms with Crippen LogP contribution >= 0.6 is 11.6 Å². The Morgan fingerprint density at radius 3 is 2.53 bits per heavy atom. The van der Waals surface area contributed by atoms with Crippen LogP contribution in [-0.4, -0.2) is 81.4 Å². The van der Waals surface area contributed by atoms with Crippen LogP contribution in [-0.2, 0) is 25.6 Å². The van der Waals surface area contributed by atoms with Gasteiger partial charge in [-0.05, 0) is 56.4 Å². The number of amides is 1. The van der Waals surface area contributed by atoms with Gasteiger partial charge in [0.1, 0.15) is 5.60 Å². The van der Waals surface area contributed by atoms with Crippen molar-refractivity contribution in [2.75, 3.05) is 24.7 Å². The maximum absolute atomic E-state index is 13.7.